The average molecular weight is 701 g/mol. The van der Waals surface area contributed by atoms with Crippen molar-refractivity contribution >= 4 is 65.6 Å². The van der Waals surface area contributed by atoms with Crippen LogP contribution in [-0.4, -0.2) is 9.13 Å². The molecule has 254 valence electrons. The van der Waals surface area contributed by atoms with Gasteiger partial charge in [-0.15, -0.1) is 0 Å². The summed E-state index contributed by atoms with van der Waals surface area (Å²) in [6, 6.07) is 63.1. The van der Waals surface area contributed by atoms with E-state index >= 15 is 0 Å². The van der Waals surface area contributed by atoms with Crippen LogP contribution in [0.4, 0.5) is 0 Å². The monoisotopic (exact) mass is 700 g/mol. The van der Waals surface area contributed by atoms with Crippen LogP contribution in [0.25, 0.3) is 99.2 Å². The summed E-state index contributed by atoms with van der Waals surface area (Å²) in [5.41, 5.74) is 13.0. The van der Waals surface area contributed by atoms with Crippen molar-refractivity contribution in [3.63, 3.8) is 0 Å². The zero-order chi connectivity index (χ0) is 36.6. The highest BCUT2D eigenvalue weighted by molar-refractivity contribution is 6.24. The topological polar surface area (TPSA) is 70.6 Å². The van der Waals surface area contributed by atoms with Crippen molar-refractivity contribution in [2.75, 3.05) is 0 Å². The summed E-state index contributed by atoms with van der Waals surface area (Å²) in [5.74, 6) is 0. The van der Waals surface area contributed by atoms with E-state index in [2.05, 4.69) is 143 Å². The Morgan fingerprint density at radius 2 is 0.909 bits per heavy atom. The smallest absolute Gasteiger partial charge is 0.145 e. The minimum absolute atomic E-state index is 0.560. The molecule has 0 aliphatic heterocycles. The standard InChI is InChI=1S/C50H28N4O/c51-29-31-17-19-33(20-18-31)34-23-32(30-52)24-35(25-34)36-26-37(53-44-13-5-1-9-39(44)40-10-2-6-14-45(40)53)28-38(27-36)54-46-15-7-3-12-43(46)49-47(54)22-21-42-41-11-4-8-16-48(41)55-50(42)49/h1-28H. The normalized spacial score (nSPS) is 11.6. The fraction of sp³-hybridized carbons (Fsp3) is 0. The molecular formula is C50H28N4O. The minimum atomic E-state index is 0.560. The first-order valence-corrected chi connectivity index (χ1v) is 18.2. The van der Waals surface area contributed by atoms with Crippen LogP contribution in [0.5, 0.6) is 0 Å². The lowest BCUT2D eigenvalue weighted by Crippen LogP contribution is -2.00. The summed E-state index contributed by atoms with van der Waals surface area (Å²) in [6.07, 6.45) is 0. The number of hydrogen-bond acceptors (Lipinski definition) is 3. The Morgan fingerprint density at radius 3 is 1.56 bits per heavy atom. The number of para-hydroxylation sites is 4. The average Bonchev–Trinajstić information content (AvgIpc) is 3.91. The van der Waals surface area contributed by atoms with Gasteiger partial charge in [0.1, 0.15) is 11.2 Å². The Bertz CT molecular complexity index is 3400. The lowest BCUT2D eigenvalue weighted by Gasteiger charge is -2.16. The molecule has 3 aromatic heterocycles. The van der Waals surface area contributed by atoms with E-state index < -0.39 is 0 Å². The van der Waals surface area contributed by atoms with Crippen molar-refractivity contribution in [3.05, 3.63) is 181 Å². The molecule has 0 unspecified atom stereocenters. The van der Waals surface area contributed by atoms with Gasteiger partial charge in [0, 0.05) is 38.3 Å². The fourth-order valence-corrected chi connectivity index (χ4v) is 8.50. The molecule has 0 amide bonds. The maximum absolute atomic E-state index is 10.3. The van der Waals surface area contributed by atoms with Gasteiger partial charge >= 0.3 is 0 Å². The summed E-state index contributed by atoms with van der Waals surface area (Å²) in [4.78, 5) is 0. The maximum atomic E-state index is 10.3. The zero-order valence-electron chi connectivity index (χ0n) is 29.4. The molecule has 0 fully saturated rings. The molecule has 55 heavy (non-hydrogen) atoms. The lowest BCUT2D eigenvalue weighted by atomic mass is 9.95. The van der Waals surface area contributed by atoms with Gasteiger partial charge < -0.3 is 13.6 Å². The molecular weight excluding hydrogens is 673 g/mol. The van der Waals surface area contributed by atoms with Gasteiger partial charge in [0.05, 0.1) is 50.7 Å². The summed E-state index contributed by atoms with van der Waals surface area (Å²) < 4.78 is 11.3. The molecule has 5 nitrogen and oxygen atoms in total. The second kappa shape index (κ2) is 11.8. The number of hydrogen-bond donors (Lipinski definition) is 0. The molecule has 0 aliphatic carbocycles. The van der Waals surface area contributed by atoms with Crippen LogP contribution in [0.2, 0.25) is 0 Å². The van der Waals surface area contributed by atoms with E-state index in [-0.39, 0.29) is 0 Å². The van der Waals surface area contributed by atoms with Gasteiger partial charge in [-0.3, -0.25) is 0 Å². The Balaban J connectivity index is 1.24. The van der Waals surface area contributed by atoms with Crippen LogP contribution in [0.1, 0.15) is 11.1 Å². The predicted octanol–water partition coefficient (Wildman–Crippen LogP) is 12.9. The first-order chi connectivity index (χ1) is 27.2. The summed E-state index contributed by atoms with van der Waals surface area (Å²) >= 11 is 0. The molecule has 0 saturated carbocycles. The molecule has 0 radical (unpaired) electrons. The summed E-state index contributed by atoms with van der Waals surface area (Å²) in [6.45, 7) is 0. The summed E-state index contributed by atoms with van der Waals surface area (Å²) in [7, 11) is 0. The van der Waals surface area contributed by atoms with Gasteiger partial charge in [0.2, 0.25) is 0 Å². The van der Waals surface area contributed by atoms with E-state index in [1.54, 1.807) is 0 Å². The van der Waals surface area contributed by atoms with Crippen LogP contribution in [0.15, 0.2) is 174 Å². The van der Waals surface area contributed by atoms with E-state index in [0.29, 0.717) is 11.1 Å². The van der Waals surface area contributed by atoms with Gasteiger partial charge in [-0.05, 0) is 107 Å². The molecule has 5 heteroatoms. The van der Waals surface area contributed by atoms with Crippen LogP contribution >= 0.6 is 0 Å². The highest BCUT2D eigenvalue weighted by Gasteiger charge is 2.21. The largest absolute Gasteiger partial charge is 0.455 e. The van der Waals surface area contributed by atoms with Crippen molar-refractivity contribution in [1.29, 1.82) is 10.5 Å². The zero-order valence-corrected chi connectivity index (χ0v) is 29.4. The van der Waals surface area contributed by atoms with Gasteiger partial charge in [-0.2, -0.15) is 10.5 Å². The second-order valence-electron chi connectivity index (χ2n) is 14.0. The van der Waals surface area contributed by atoms with Crippen molar-refractivity contribution in [2.24, 2.45) is 0 Å². The molecule has 11 aromatic rings. The van der Waals surface area contributed by atoms with Crippen LogP contribution < -0.4 is 0 Å². The fourth-order valence-electron chi connectivity index (χ4n) is 8.50. The highest BCUT2D eigenvalue weighted by atomic mass is 16.3. The van der Waals surface area contributed by atoms with Crippen LogP contribution in [0, 0.1) is 22.7 Å². The predicted molar refractivity (Wildman–Crippen MR) is 223 cm³/mol. The first kappa shape index (κ1) is 30.7. The lowest BCUT2D eigenvalue weighted by molar-refractivity contribution is 0.673. The van der Waals surface area contributed by atoms with E-state index in [4.69, 9.17) is 4.42 Å². The van der Waals surface area contributed by atoms with Crippen molar-refractivity contribution < 1.29 is 4.42 Å². The quantitative estimate of drug-likeness (QED) is 0.183. The number of fused-ring (bicyclic) bond motifs is 10. The van der Waals surface area contributed by atoms with E-state index in [1.807, 2.05) is 48.5 Å². The highest BCUT2D eigenvalue weighted by Crippen LogP contribution is 2.42. The van der Waals surface area contributed by atoms with Crippen LogP contribution in [0.3, 0.4) is 0 Å². The number of benzene rings is 8. The number of aromatic nitrogens is 2. The number of nitriles is 2. The van der Waals surface area contributed by atoms with Crippen molar-refractivity contribution in [2.45, 2.75) is 0 Å². The molecule has 0 saturated heterocycles. The van der Waals surface area contributed by atoms with Crippen LogP contribution in [-0.2, 0) is 0 Å². The molecule has 3 heterocycles. The molecule has 8 aromatic carbocycles. The molecule has 0 bridgehead atoms. The Hall–Kier alpha value is -7.86. The van der Waals surface area contributed by atoms with Crippen molar-refractivity contribution in [1.82, 2.24) is 9.13 Å². The van der Waals surface area contributed by atoms with E-state index in [0.717, 1.165) is 88.4 Å². The number of rotatable bonds is 4. The second-order valence-corrected chi connectivity index (χ2v) is 14.0. The van der Waals surface area contributed by atoms with E-state index in [1.165, 1.54) is 10.8 Å². The van der Waals surface area contributed by atoms with Crippen molar-refractivity contribution in [3.8, 4) is 45.8 Å². The van der Waals surface area contributed by atoms with Gasteiger partial charge in [-0.1, -0.05) is 84.9 Å². The third kappa shape index (κ3) is 4.64. The Labute approximate surface area is 315 Å². The number of nitrogens with zero attached hydrogens (tertiary/aromatic N) is 4. The number of furan rings is 1. The molecule has 0 aliphatic rings. The third-order valence-electron chi connectivity index (χ3n) is 10.9. The SMILES string of the molecule is N#Cc1ccc(-c2cc(C#N)cc(-c3cc(-n4c5ccccc5c5ccccc54)cc(-n4c5ccccc5c5c6oc7ccccc7c6ccc54)c3)c2)cc1. The Kier molecular flexibility index (Phi) is 6.61. The third-order valence-corrected chi connectivity index (χ3v) is 10.9. The maximum Gasteiger partial charge on any atom is 0.145 e. The molecule has 11 rings (SSSR count). The van der Waals surface area contributed by atoms with Gasteiger partial charge in [-0.25, -0.2) is 0 Å². The minimum Gasteiger partial charge on any atom is -0.455 e. The van der Waals surface area contributed by atoms with Gasteiger partial charge in [0.25, 0.3) is 0 Å². The molecule has 0 atom stereocenters. The summed E-state index contributed by atoms with van der Waals surface area (Å²) in [5, 5.41) is 26.4. The van der Waals surface area contributed by atoms with Gasteiger partial charge in [0.15, 0.2) is 0 Å². The Morgan fingerprint density at radius 1 is 0.382 bits per heavy atom. The molecule has 0 spiro atoms. The molecule has 0 N–H and O–H groups in total. The first-order valence-electron chi connectivity index (χ1n) is 18.2. The van der Waals surface area contributed by atoms with E-state index in [9.17, 15) is 10.5 Å².